The van der Waals surface area contributed by atoms with Crippen molar-refractivity contribution in [2.75, 3.05) is 16.6 Å². The van der Waals surface area contributed by atoms with Crippen molar-refractivity contribution in [1.82, 2.24) is 0 Å². The van der Waals surface area contributed by atoms with Crippen molar-refractivity contribution in [2.24, 2.45) is 0 Å². The van der Waals surface area contributed by atoms with Crippen molar-refractivity contribution in [3.8, 4) is 5.75 Å². The van der Waals surface area contributed by atoms with Gasteiger partial charge < -0.3 is 10.1 Å². The summed E-state index contributed by atoms with van der Waals surface area (Å²) in [6.07, 6.45) is 0. The molecule has 8 heteroatoms. The smallest absolute Gasteiger partial charge is 0.262 e. The van der Waals surface area contributed by atoms with E-state index in [0.29, 0.717) is 17.1 Å². The van der Waals surface area contributed by atoms with Gasteiger partial charge in [-0.1, -0.05) is 0 Å². The second-order valence-electron chi connectivity index (χ2n) is 4.61. The Kier molecular flexibility index (Phi) is 3.96. The highest BCUT2D eigenvalue weighted by atomic mass is 127. The highest BCUT2D eigenvalue weighted by Gasteiger charge is 2.20. The van der Waals surface area contributed by atoms with Gasteiger partial charge in [-0.05, 0) is 65.1 Å². The molecule has 22 heavy (non-hydrogen) atoms. The standard InChI is InChI=1S/C14H11IN2O4S/c15-9-1-3-10(4-2-9)17-22(19,20)11-5-6-13-12(7-11)16-14(18)8-21-13/h1-7,17H,8H2,(H,16,18). The molecule has 2 aromatic rings. The fourth-order valence-corrected chi connectivity index (χ4v) is 3.41. The van der Waals surface area contributed by atoms with E-state index in [1.807, 2.05) is 0 Å². The summed E-state index contributed by atoms with van der Waals surface area (Å²) in [5.41, 5.74) is 0.820. The molecule has 0 spiro atoms. The third-order valence-electron chi connectivity index (χ3n) is 2.99. The van der Waals surface area contributed by atoms with Crippen molar-refractivity contribution >= 4 is 49.9 Å². The molecule has 3 rings (SSSR count). The molecule has 2 N–H and O–H groups in total. The molecule has 0 radical (unpaired) electrons. The van der Waals surface area contributed by atoms with Crippen LogP contribution in [0, 0.1) is 3.57 Å². The molecule has 1 heterocycles. The van der Waals surface area contributed by atoms with E-state index < -0.39 is 10.0 Å². The topological polar surface area (TPSA) is 84.5 Å². The Hall–Kier alpha value is -1.81. The third-order valence-corrected chi connectivity index (χ3v) is 5.09. The summed E-state index contributed by atoms with van der Waals surface area (Å²) < 4.78 is 33.5. The number of carbonyl (C=O) groups is 1. The summed E-state index contributed by atoms with van der Waals surface area (Å²) in [6.45, 7) is -0.0694. The highest BCUT2D eigenvalue weighted by Crippen LogP contribution is 2.30. The number of hydrogen-bond acceptors (Lipinski definition) is 4. The largest absolute Gasteiger partial charge is 0.482 e. The van der Waals surface area contributed by atoms with Crippen LogP contribution in [0.15, 0.2) is 47.4 Å². The first-order valence-electron chi connectivity index (χ1n) is 6.29. The first-order valence-corrected chi connectivity index (χ1v) is 8.85. The maximum Gasteiger partial charge on any atom is 0.262 e. The Bertz CT molecular complexity index is 834. The van der Waals surface area contributed by atoms with Gasteiger partial charge in [0.15, 0.2) is 6.61 Å². The monoisotopic (exact) mass is 430 g/mol. The van der Waals surface area contributed by atoms with Gasteiger partial charge in [0.25, 0.3) is 15.9 Å². The van der Waals surface area contributed by atoms with Gasteiger partial charge in [-0.2, -0.15) is 0 Å². The summed E-state index contributed by atoms with van der Waals surface area (Å²) in [5.74, 6) is 0.139. The van der Waals surface area contributed by atoms with Gasteiger partial charge >= 0.3 is 0 Å². The zero-order valence-corrected chi connectivity index (χ0v) is 14.1. The highest BCUT2D eigenvalue weighted by molar-refractivity contribution is 14.1. The maximum atomic E-state index is 12.4. The van der Waals surface area contributed by atoms with Crippen LogP contribution in [0.4, 0.5) is 11.4 Å². The van der Waals surface area contributed by atoms with Gasteiger partial charge in [0.1, 0.15) is 5.75 Å². The zero-order valence-electron chi connectivity index (χ0n) is 11.2. The fourth-order valence-electron chi connectivity index (χ4n) is 1.96. The summed E-state index contributed by atoms with van der Waals surface area (Å²) in [7, 11) is -3.74. The fraction of sp³-hybridized carbons (Fsp3) is 0.0714. The lowest BCUT2D eigenvalue weighted by molar-refractivity contribution is -0.118. The molecule has 0 saturated carbocycles. The van der Waals surface area contributed by atoms with E-state index in [-0.39, 0.29) is 17.4 Å². The molecule has 2 aromatic carbocycles. The number of benzene rings is 2. The van der Waals surface area contributed by atoms with Gasteiger partial charge in [-0.25, -0.2) is 8.42 Å². The molecule has 114 valence electrons. The van der Waals surface area contributed by atoms with Crippen molar-refractivity contribution in [3.63, 3.8) is 0 Å². The van der Waals surface area contributed by atoms with Crippen molar-refractivity contribution in [1.29, 1.82) is 0 Å². The number of carbonyl (C=O) groups excluding carboxylic acids is 1. The lowest BCUT2D eigenvalue weighted by Crippen LogP contribution is -2.25. The summed E-state index contributed by atoms with van der Waals surface area (Å²) in [5, 5.41) is 2.59. The molecule has 1 amide bonds. The van der Waals surface area contributed by atoms with Crippen LogP contribution in [0.3, 0.4) is 0 Å². The molecular weight excluding hydrogens is 419 g/mol. The second-order valence-corrected chi connectivity index (χ2v) is 7.54. The number of amides is 1. The molecule has 0 saturated heterocycles. The Morgan fingerprint density at radius 1 is 1.14 bits per heavy atom. The molecule has 0 fully saturated rings. The molecule has 1 aliphatic heterocycles. The van der Waals surface area contributed by atoms with E-state index in [1.54, 1.807) is 24.3 Å². The molecule has 0 aliphatic carbocycles. The number of fused-ring (bicyclic) bond motifs is 1. The van der Waals surface area contributed by atoms with Crippen LogP contribution in [0.5, 0.6) is 5.75 Å². The summed E-state index contributed by atoms with van der Waals surface area (Å²) in [4.78, 5) is 11.4. The molecule has 0 unspecified atom stereocenters. The van der Waals surface area contributed by atoms with E-state index in [4.69, 9.17) is 4.74 Å². The van der Waals surface area contributed by atoms with Gasteiger partial charge in [0.2, 0.25) is 0 Å². The second kappa shape index (κ2) is 5.76. The van der Waals surface area contributed by atoms with Crippen LogP contribution in [-0.2, 0) is 14.8 Å². The van der Waals surface area contributed by atoms with E-state index in [2.05, 4.69) is 32.6 Å². The summed E-state index contributed by atoms with van der Waals surface area (Å²) >= 11 is 2.14. The Morgan fingerprint density at radius 2 is 1.86 bits per heavy atom. The van der Waals surface area contributed by atoms with E-state index in [9.17, 15) is 13.2 Å². The maximum absolute atomic E-state index is 12.4. The molecule has 0 bridgehead atoms. The normalized spacial score (nSPS) is 13.8. The van der Waals surface area contributed by atoms with Crippen LogP contribution >= 0.6 is 22.6 Å². The first kappa shape index (κ1) is 15.1. The Balaban J connectivity index is 1.90. The van der Waals surface area contributed by atoms with Crippen LogP contribution in [0.1, 0.15) is 0 Å². The predicted octanol–water partition coefficient (Wildman–Crippen LogP) is 2.42. The first-order chi connectivity index (χ1) is 10.4. The average molecular weight is 430 g/mol. The quantitative estimate of drug-likeness (QED) is 0.733. The molecule has 0 aromatic heterocycles. The number of sulfonamides is 1. The van der Waals surface area contributed by atoms with E-state index in [0.717, 1.165) is 3.57 Å². The molecule has 1 aliphatic rings. The van der Waals surface area contributed by atoms with Gasteiger partial charge in [0.05, 0.1) is 10.6 Å². The van der Waals surface area contributed by atoms with Crippen LogP contribution in [-0.4, -0.2) is 20.9 Å². The summed E-state index contributed by atoms with van der Waals surface area (Å²) in [6, 6.07) is 11.3. The molecular formula is C14H11IN2O4S. The number of hydrogen-bond donors (Lipinski definition) is 2. The number of rotatable bonds is 3. The number of halogens is 1. The van der Waals surface area contributed by atoms with Crippen LogP contribution in [0.25, 0.3) is 0 Å². The predicted molar refractivity (Wildman–Crippen MR) is 90.5 cm³/mol. The molecule has 6 nitrogen and oxygen atoms in total. The third kappa shape index (κ3) is 3.17. The van der Waals surface area contributed by atoms with Crippen molar-refractivity contribution in [2.45, 2.75) is 4.90 Å². The van der Waals surface area contributed by atoms with Crippen LogP contribution in [0.2, 0.25) is 0 Å². The van der Waals surface area contributed by atoms with Gasteiger partial charge in [0, 0.05) is 9.26 Å². The minimum atomic E-state index is -3.74. The number of ether oxygens (including phenoxy) is 1. The zero-order chi connectivity index (χ0) is 15.7. The lowest BCUT2D eigenvalue weighted by atomic mass is 10.2. The van der Waals surface area contributed by atoms with Crippen LogP contribution < -0.4 is 14.8 Å². The SMILES string of the molecule is O=C1COc2ccc(S(=O)(=O)Nc3ccc(I)cc3)cc2N1. The van der Waals surface area contributed by atoms with Gasteiger partial charge in [-0.15, -0.1) is 0 Å². The number of nitrogens with one attached hydrogen (secondary N) is 2. The van der Waals surface area contributed by atoms with Gasteiger partial charge in [-0.3, -0.25) is 9.52 Å². The average Bonchev–Trinajstić information content (AvgIpc) is 2.48. The Morgan fingerprint density at radius 3 is 2.59 bits per heavy atom. The van der Waals surface area contributed by atoms with E-state index in [1.165, 1.54) is 18.2 Å². The minimum Gasteiger partial charge on any atom is -0.482 e. The minimum absolute atomic E-state index is 0.0515. The van der Waals surface area contributed by atoms with Crippen molar-refractivity contribution in [3.05, 3.63) is 46.0 Å². The lowest BCUT2D eigenvalue weighted by Gasteiger charge is -2.18. The van der Waals surface area contributed by atoms with E-state index >= 15 is 0 Å². The molecule has 0 atom stereocenters. The Labute approximate surface area is 141 Å². The number of anilines is 2. The van der Waals surface area contributed by atoms with Crippen molar-refractivity contribution < 1.29 is 17.9 Å².